The van der Waals surface area contributed by atoms with Crippen LogP contribution in [0.1, 0.15) is 26.7 Å². The van der Waals surface area contributed by atoms with Gasteiger partial charge in [0.25, 0.3) is 5.91 Å². The molecule has 2 rings (SSSR count). The summed E-state index contributed by atoms with van der Waals surface area (Å²) in [6.07, 6.45) is 1.50. The molecule has 0 aromatic carbocycles. The lowest BCUT2D eigenvalue weighted by Gasteiger charge is -2.37. The quantitative estimate of drug-likeness (QED) is 0.808. The van der Waals surface area contributed by atoms with Gasteiger partial charge in [-0.25, -0.2) is 0 Å². The van der Waals surface area contributed by atoms with Crippen LogP contribution in [0.4, 0.5) is 0 Å². The third-order valence-electron chi connectivity index (χ3n) is 4.11. The molecule has 0 saturated carbocycles. The van der Waals surface area contributed by atoms with E-state index in [4.69, 9.17) is 10.5 Å². The Labute approximate surface area is 132 Å². The number of hydrogen-bond donors (Lipinski definition) is 1. The van der Waals surface area contributed by atoms with Crippen LogP contribution in [0, 0.1) is 5.92 Å². The van der Waals surface area contributed by atoms with Gasteiger partial charge in [-0.3, -0.25) is 9.59 Å². The van der Waals surface area contributed by atoms with E-state index in [0.717, 1.165) is 12.8 Å². The lowest BCUT2D eigenvalue weighted by Crippen LogP contribution is -2.56. The molecular formula is C14H26ClN3O3. The Morgan fingerprint density at radius 1 is 1.14 bits per heavy atom. The molecule has 21 heavy (non-hydrogen) atoms. The van der Waals surface area contributed by atoms with Crippen LogP contribution in [0.2, 0.25) is 0 Å². The first-order chi connectivity index (χ1) is 9.50. The van der Waals surface area contributed by atoms with E-state index in [9.17, 15) is 9.59 Å². The van der Waals surface area contributed by atoms with Gasteiger partial charge < -0.3 is 20.3 Å². The van der Waals surface area contributed by atoms with Gasteiger partial charge in [-0.15, -0.1) is 12.4 Å². The Balaban J connectivity index is 0.00000220. The van der Waals surface area contributed by atoms with Gasteiger partial charge >= 0.3 is 0 Å². The maximum atomic E-state index is 12.2. The molecule has 1 unspecified atom stereocenters. The summed E-state index contributed by atoms with van der Waals surface area (Å²) in [6, 6.07) is -0.449. The molecule has 0 aromatic rings. The summed E-state index contributed by atoms with van der Waals surface area (Å²) in [6.45, 7) is 6.86. The Bertz CT molecular complexity index is 342. The number of rotatable bonds is 3. The Hall–Kier alpha value is -0.850. The van der Waals surface area contributed by atoms with E-state index in [1.165, 1.54) is 0 Å². The second kappa shape index (κ2) is 7.96. The molecule has 2 N–H and O–H groups in total. The van der Waals surface area contributed by atoms with E-state index in [1.54, 1.807) is 9.80 Å². The normalized spacial score (nSPS) is 23.9. The van der Waals surface area contributed by atoms with Crippen molar-refractivity contribution in [1.29, 1.82) is 0 Å². The maximum Gasteiger partial charge on any atom is 0.251 e. The summed E-state index contributed by atoms with van der Waals surface area (Å²) in [4.78, 5) is 27.9. The van der Waals surface area contributed by atoms with Gasteiger partial charge in [-0.2, -0.15) is 0 Å². The van der Waals surface area contributed by atoms with Crippen LogP contribution in [0.3, 0.4) is 0 Å². The second-order valence-electron chi connectivity index (χ2n) is 5.92. The summed E-state index contributed by atoms with van der Waals surface area (Å²) < 4.78 is 5.42. The molecule has 2 aliphatic rings. The Kier molecular flexibility index (Phi) is 6.90. The highest BCUT2D eigenvalue weighted by Crippen LogP contribution is 2.16. The number of nitrogens with zero attached hydrogens (tertiary/aromatic N) is 2. The first-order valence-corrected chi connectivity index (χ1v) is 7.45. The summed E-state index contributed by atoms with van der Waals surface area (Å²) in [5.74, 6) is 0.195. The van der Waals surface area contributed by atoms with Crippen LogP contribution >= 0.6 is 12.4 Å². The number of carbonyl (C=O) groups is 2. The Morgan fingerprint density at radius 2 is 1.71 bits per heavy atom. The van der Waals surface area contributed by atoms with Crippen molar-refractivity contribution in [3.8, 4) is 0 Å². The fourth-order valence-corrected chi connectivity index (χ4v) is 2.62. The molecule has 0 spiro atoms. The van der Waals surface area contributed by atoms with Gasteiger partial charge in [0.05, 0.1) is 6.04 Å². The minimum Gasteiger partial charge on any atom is -0.368 e. The third-order valence-corrected chi connectivity index (χ3v) is 4.11. The highest BCUT2D eigenvalue weighted by atomic mass is 35.5. The number of ether oxygens (including phenoxy) is 1. The predicted octanol–water partition coefficient (Wildman–Crippen LogP) is 0.241. The van der Waals surface area contributed by atoms with E-state index in [2.05, 4.69) is 0 Å². The van der Waals surface area contributed by atoms with Gasteiger partial charge in [0.1, 0.15) is 6.10 Å². The number of piperazine rings is 1. The van der Waals surface area contributed by atoms with E-state index < -0.39 is 6.04 Å². The van der Waals surface area contributed by atoms with Crippen molar-refractivity contribution in [3.05, 3.63) is 0 Å². The molecular weight excluding hydrogens is 294 g/mol. The molecule has 122 valence electrons. The number of carbonyl (C=O) groups excluding carboxylic acids is 2. The highest BCUT2D eigenvalue weighted by molar-refractivity contribution is 5.85. The van der Waals surface area contributed by atoms with E-state index >= 15 is 0 Å². The van der Waals surface area contributed by atoms with Crippen LogP contribution < -0.4 is 5.73 Å². The van der Waals surface area contributed by atoms with Crippen LogP contribution in [0.25, 0.3) is 0 Å². The molecule has 2 atom stereocenters. The average molecular weight is 320 g/mol. The average Bonchev–Trinajstić information content (AvgIpc) is 2.99. The Morgan fingerprint density at radius 3 is 2.19 bits per heavy atom. The first kappa shape index (κ1) is 18.2. The molecule has 0 aromatic heterocycles. The second-order valence-corrected chi connectivity index (χ2v) is 5.92. The third kappa shape index (κ3) is 4.31. The smallest absolute Gasteiger partial charge is 0.251 e. The molecule has 0 aliphatic carbocycles. The molecule has 2 heterocycles. The van der Waals surface area contributed by atoms with Crippen LogP contribution in [0.15, 0.2) is 0 Å². The SMILES string of the molecule is CC(C)[C@@H](N)C(=O)N1CCN(C(=O)C2CCCO2)CC1.Cl. The summed E-state index contributed by atoms with van der Waals surface area (Å²) in [5, 5.41) is 0. The molecule has 6 nitrogen and oxygen atoms in total. The lowest BCUT2D eigenvalue weighted by molar-refractivity contribution is -0.146. The van der Waals surface area contributed by atoms with Crippen molar-refractivity contribution in [2.75, 3.05) is 32.8 Å². The molecule has 7 heteroatoms. The standard InChI is InChI=1S/C14H25N3O3.ClH/c1-10(2)12(15)14(19)17-7-5-16(6-8-17)13(18)11-4-3-9-20-11;/h10-12H,3-9,15H2,1-2H3;1H/t11?,12-;/m1./s1. The number of amides is 2. The predicted molar refractivity (Wildman–Crippen MR) is 82.2 cm³/mol. The van der Waals surface area contributed by atoms with Crippen molar-refractivity contribution in [2.45, 2.75) is 38.8 Å². The zero-order valence-corrected chi connectivity index (χ0v) is 13.6. The number of halogens is 1. The first-order valence-electron chi connectivity index (χ1n) is 7.45. The van der Waals surface area contributed by atoms with Gasteiger partial charge in [0, 0.05) is 32.8 Å². The minimum atomic E-state index is -0.449. The minimum absolute atomic E-state index is 0. The van der Waals surface area contributed by atoms with Gasteiger partial charge in [-0.05, 0) is 18.8 Å². The summed E-state index contributed by atoms with van der Waals surface area (Å²) in [5.41, 5.74) is 5.89. The topological polar surface area (TPSA) is 75.9 Å². The van der Waals surface area contributed by atoms with Crippen LogP contribution in [0.5, 0.6) is 0 Å². The highest BCUT2D eigenvalue weighted by Gasteiger charge is 2.32. The zero-order valence-electron chi connectivity index (χ0n) is 12.8. The fourth-order valence-electron chi connectivity index (χ4n) is 2.62. The van der Waals surface area contributed by atoms with Crippen molar-refractivity contribution in [1.82, 2.24) is 9.80 Å². The summed E-state index contributed by atoms with van der Waals surface area (Å²) >= 11 is 0. The molecule has 0 radical (unpaired) electrons. The molecule has 0 bridgehead atoms. The van der Waals surface area contributed by atoms with Crippen molar-refractivity contribution < 1.29 is 14.3 Å². The van der Waals surface area contributed by atoms with Gasteiger partial charge in [-0.1, -0.05) is 13.8 Å². The van der Waals surface area contributed by atoms with E-state index in [-0.39, 0.29) is 36.2 Å². The largest absolute Gasteiger partial charge is 0.368 e. The zero-order chi connectivity index (χ0) is 14.7. The molecule has 2 saturated heterocycles. The molecule has 2 aliphatic heterocycles. The fraction of sp³-hybridized carbons (Fsp3) is 0.857. The lowest BCUT2D eigenvalue weighted by atomic mass is 10.0. The monoisotopic (exact) mass is 319 g/mol. The maximum absolute atomic E-state index is 12.2. The van der Waals surface area contributed by atoms with Crippen molar-refractivity contribution in [2.24, 2.45) is 11.7 Å². The number of nitrogens with two attached hydrogens (primary N) is 1. The van der Waals surface area contributed by atoms with Crippen molar-refractivity contribution >= 4 is 24.2 Å². The molecule has 2 fully saturated rings. The molecule has 2 amide bonds. The summed E-state index contributed by atoms with van der Waals surface area (Å²) in [7, 11) is 0. The van der Waals surface area contributed by atoms with E-state index in [0.29, 0.717) is 32.8 Å². The number of hydrogen-bond acceptors (Lipinski definition) is 4. The van der Waals surface area contributed by atoms with Crippen LogP contribution in [-0.4, -0.2) is 66.5 Å². The van der Waals surface area contributed by atoms with Crippen LogP contribution in [-0.2, 0) is 14.3 Å². The van der Waals surface area contributed by atoms with E-state index in [1.807, 2.05) is 13.8 Å². The van der Waals surface area contributed by atoms with Gasteiger partial charge in [0.15, 0.2) is 0 Å². The van der Waals surface area contributed by atoms with Crippen molar-refractivity contribution in [3.63, 3.8) is 0 Å². The van der Waals surface area contributed by atoms with Gasteiger partial charge in [0.2, 0.25) is 5.91 Å².